The third-order valence-electron chi connectivity index (χ3n) is 1.65. The van der Waals surface area contributed by atoms with E-state index in [1.807, 2.05) is 36.4 Å². The maximum atomic E-state index is 10.3. The molecule has 15 heavy (non-hydrogen) atoms. The van der Waals surface area contributed by atoms with Crippen LogP contribution in [-0.4, -0.2) is 25.3 Å². The molecule has 1 aromatic rings. The van der Waals surface area contributed by atoms with E-state index in [0.717, 1.165) is 6.08 Å². The average molecular weight is 206 g/mol. The molecule has 0 N–H and O–H groups in total. The summed E-state index contributed by atoms with van der Waals surface area (Å²) in [6, 6.07) is 12.0. The highest BCUT2D eigenvalue weighted by Crippen LogP contribution is 2.08. The van der Waals surface area contributed by atoms with E-state index in [2.05, 4.69) is 11.3 Å². The van der Waals surface area contributed by atoms with E-state index in [0.29, 0.717) is 13.2 Å². The smallest absolute Gasteiger partial charge is 0.330 e. The van der Waals surface area contributed by atoms with Gasteiger partial charge in [0.05, 0.1) is 6.61 Å². The maximum absolute atomic E-state index is 10.3. The Morgan fingerprint density at radius 3 is 2.13 bits per heavy atom. The SMILES string of the molecule is C=CC(=O)OCC1CO1.c1ccccc1. The van der Waals surface area contributed by atoms with E-state index in [1.54, 1.807) is 0 Å². The fourth-order valence-electron chi connectivity index (χ4n) is 0.783. The fraction of sp³-hybridized carbons (Fsp3) is 0.250. The molecule has 0 saturated carbocycles. The van der Waals surface area contributed by atoms with Crippen molar-refractivity contribution in [3.05, 3.63) is 49.1 Å². The minimum absolute atomic E-state index is 0.147. The Hall–Kier alpha value is -1.61. The summed E-state index contributed by atoms with van der Waals surface area (Å²) in [5.74, 6) is -0.384. The first-order valence-electron chi connectivity index (χ1n) is 4.73. The Kier molecular flexibility index (Phi) is 5.19. The van der Waals surface area contributed by atoms with E-state index >= 15 is 0 Å². The van der Waals surface area contributed by atoms with Crippen LogP contribution in [0.2, 0.25) is 0 Å². The second-order valence-electron chi connectivity index (χ2n) is 2.94. The van der Waals surface area contributed by atoms with Crippen molar-refractivity contribution in [1.29, 1.82) is 0 Å². The molecule has 1 heterocycles. The van der Waals surface area contributed by atoms with Crippen LogP contribution in [0.15, 0.2) is 49.1 Å². The number of benzene rings is 1. The van der Waals surface area contributed by atoms with Crippen LogP contribution in [0, 0.1) is 0 Å². The first-order valence-corrected chi connectivity index (χ1v) is 4.73. The average Bonchev–Trinajstić information content (AvgIpc) is 3.13. The van der Waals surface area contributed by atoms with Gasteiger partial charge in [-0.15, -0.1) is 0 Å². The van der Waals surface area contributed by atoms with Crippen molar-refractivity contribution in [3.8, 4) is 0 Å². The molecule has 0 radical (unpaired) electrons. The highest BCUT2D eigenvalue weighted by Gasteiger charge is 2.23. The van der Waals surface area contributed by atoms with Crippen LogP contribution in [0.1, 0.15) is 0 Å². The lowest BCUT2D eigenvalue weighted by atomic mass is 10.4. The molecule has 2 rings (SSSR count). The maximum Gasteiger partial charge on any atom is 0.330 e. The van der Waals surface area contributed by atoms with Gasteiger partial charge in [0.15, 0.2) is 0 Å². The van der Waals surface area contributed by atoms with Gasteiger partial charge in [0.1, 0.15) is 12.7 Å². The Morgan fingerprint density at radius 1 is 1.33 bits per heavy atom. The predicted octanol–water partition coefficient (Wildman–Crippen LogP) is 1.80. The summed E-state index contributed by atoms with van der Waals surface area (Å²) >= 11 is 0. The Balaban J connectivity index is 0.000000162. The standard InChI is InChI=1S/C6H8O3.C6H6/c1-2-6(7)9-4-5-3-8-5;1-2-4-6-5-3-1/h2,5H,1,3-4H2;1-6H. The third kappa shape index (κ3) is 6.46. The monoisotopic (exact) mass is 206 g/mol. The lowest BCUT2D eigenvalue weighted by molar-refractivity contribution is -0.138. The summed E-state index contributed by atoms with van der Waals surface area (Å²) in [6.07, 6.45) is 1.29. The number of hydrogen-bond acceptors (Lipinski definition) is 3. The molecule has 1 aromatic carbocycles. The number of rotatable bonds is 3. The molecule has 1 atom stereocenters. The molecule has 0 amide bonds. The van der Waals surface area contributed by atoms with E-state index in [1.165, 1.54) is 0 Å². The van der Waals surface area contributed by atoms with Crippen LogP contribution in [0.25, 0.3) is 0 Å². The molecule has 1 unspecified atom stereocenters. The largest absolute Gasteiger partial charge is 0.460 e. The summed E-state index contributed by atoms with van der Waals surface area (Å²) in [4.78, 5) is 10.3. The molecule has 1 aliphatic rings. The van der Waals surface area contributed by atoms with Crippen LogP contribution in [0.5, 0.6) is 0 Å². The zero-order valence-corrected chi connectivity index (χ0v) is 8.46. The van der Waals surface area contributed by atoms with Crippen LogP contribution < -0.4 is 0 Å². The van der Waals surface area contributed by atoms with Gasteiger partial charge in [-0.3, -0.25) is 0 Å². The zero-order chi connectivity index (χ0) is 10.9. The normalized spacial score (nSPS) is 16.9. The van der Waals surface area contributed by atoms with Crippen molar-refractivity contribution >= 4 is 5.97 Å². The van der Waals surface area contributed by atoms with Gasteiger partial charge >= 0.3 is 5.97 Å². The summed E-state index contributed by atoms with van der Waals surface area (Å²) in [7, 11) is 0. The van der Waals surface area contributed by atoms with Crippen LogP contribution in [-0.2, 0) is 14.3 Å². The zero-order valence-electron chi connectivity index (χ0n) is 8.46. The number of ether oxygens (including phenoxy) is 2. The summed E-state index contributed by atoms with van der Waals surface area (Å²) in [6.45, 7) is 4.32. The van der Waals surface area contributed by atoms with E-state index in [9.17, 15) is 4.79 Å². The molecule has 1 fully saturated rings. The fourth-order valence-corrected chi connectivity index (χ4v) is 0.783. The van der Waals surface area contributed by atoms with Crippen LogP contribution in [0.4, 0.5) is 0 Å². The second-order valence-corrected chi connectivity index (χ2v) is 2.94. The first kappa shape index (κ1) is 11.5. The van der Waals surface area contributed by atoms with Gasteiger partial charge in [-0.2, -0.15) is 0 Å². The number of epoxide rings is 1. The molecule has 0 spiro atoms. The van der Waals surface area contributed by atoms with E-state index in [-0.39, 0.29) is 12.1 Å². The third-order valence-corrected chi connectivity index (χ3v) is 1.65. The number of hydrogen-bond donors (Lipinski definition) is 0. The molecule has 3 heteroatoms. The Bertz CT molecular complexity index is 264. The number of carbonyl (C=O) groups is 1. The molecule has 0 aromatic heterocycles. The highest BCUT2D eigenvalue weighted by atomic mass is 16.6. The van der Waals surface area contributed by atoms with Gasteiger partial charge < -0.3 is 9.47 Å². The van der Waals surface area contributed by atoms with Crippen molar-refractivity contribution in [1.82, 2.24) is 0 Å². The van der Waals surface area contributed by atoms with E-state index in [4.69, 9.17) is 4.74 Å². The van der Waals surface area contributed by atoms with Crippen molar-refractivity contribution in [2.45, 2.75) is 6.10 Å². The number of carbonyl (C=O) groups excluding carboxylic acids is 1. The van der Waals surface area contributed by atoms with Gasteiger partial charge in [-0.05, 0) is 0 Å². The molecule has 0 bridgehead atoms. The van der Waals surface area contributed by atoms with Crippen LogP contribution in [0.3, 0.4) is 0 Å². The molecular formula is C12H14O3. The van der Waals surface area contributed by atoms with Crippen LogP contribution >= 0.6 is 0 Å². The predicted molar refractivity (Wildman–Crippen MR) is 57.3 cm³/mol. The molecule has 80 valence electrons. The van der Waals surface area contributed by atoms with E-state index < -0.39 is 0 Å². The van der Waals surface area contributed by atoms with Gasteiger partial charge in [-0.25, -0.2) is 4.79 Å². The van der Waals surface area contributed by atoms with Gasteiger partial charge in [-0.1, -0.05) is 43.0 Å². The minimum atomic E-state index is -0.384. The summed E-state index contributed by atoms with van der Waals surface area (Å²) < 4.78 is 9.42. The quantitative estimate of drug-likeness (QED) is 0.430. The molecule has 3 nitrogen and oxygen atoms in total. The molecule has 1 saturated heterocycles. The summed E-state index contributed by atoms with van der Waals surface area (Å²) in [5, 5.41) is 0. The minimum Gasteiger partial charge on any atom is -0.460 e. The van der Waals surface area contributed by atoms with Crippen molar-refractivity contribution in [2.75, 3.05) is 13.2 Å². The second kappa shape index (κ2) is 6.79. The number of esters is 1. The molecule has 1 aliphatic heterocycles. The Labute approximate surface area is 89.3 Å². The van der Waals surface area contributed by atoms with Crippen molar-refractivity contribution in [2.24, 2.45) is 0 Å². The highest BCUT2D eigenvalue weighted by molar-refractivity contribution is 5.81. The Morgan fingerprint density at radius 2 is 1.80 bits per heavy atom. The van der Waals surface area contributed by atoms with Crippen molar-refractivity contribution in [3.63, 3.8) is 0 Å². The first-order chi connectivity index (χ1) is 7.33. The van der Waals surface area contributed by atoms with Gasteiger partial charge in [0.2, 0.25) is 0 Å². The lowest BCUT2D eigenvalue weighted by Gasteiger charge is -1.94. The molecular weight excluding hydrogens is 192 g/mol. The van der Waals surface area contributed by atoms with Gasteiger partial charge in [0.25, 0.3) is 0 Å². The van der Waals surface area contributed by atoms with Gasteiger partial charge in [0, 0.05) is 6.08 Å². The summed E-state index contributed by atoms with van der Waals surface area (Å²) in [5.41, 5.74) is 0. The molecule has 0 aliphatic carbocycles. The lowest BCUT2D eigenvalue weighted by Crippen LogP contribution is -2.06. The topological polar surface area (TPSA) is 38.8 Å². The van der Waals surface area contributed by atoms with Crippen molar-refractivity contribution < 1.29 is 14.3 Å².